The first-order valence-electron chi connectivity index (χ1n) is 7.53. The van der Waals surface area contributed by atoms with Crippen LogP contribution in [0.15, 0.2) is 21.7 Å². The predicted octanol–water partition coefficient (Wildman–Crippen LogP) is 3.58. The fraction of sp³-hybridized carbons (Fsp3) is 0.533. The number of thiophene rings is 1. The zero-order valence-electron chi connectivity index (χ0n) is 12.8. The molecule has 0 unspecified atom stereocenters. The van der Waals surface area contributed by atoms with Gasteiger partial charge in [0, 0.05) is 28.9 Å². The Kier molecular flexibility index (Phi) is 4.38. The van der Waals surface area contributed by atoms with Crippen molar-refractivity contribution in [1.82, 2.24) is 9.46 Å². The summed E-state index contributed by atoms with van der Waals surface area (Å²) in [5.74, 6) is 0.523. The van der Waals surface area contributed by atoms with Gasteiger partial charge in [0.1, 0.15) is 4.90 Å². The zero-order chi connectivity index (χ0) is 15.7. The van der Waals surface area contributed by atoms with E-state index in [1.165, 1.54) is 11.3 Å². The lowest BCUT2D eigenvalue weighted by molar-refractivity contribution is 0.420. The number of rotatable bonds is 3. The Labute approximate surface area is 135 Å². The van der Waals surface area contributed by atoms with Crippen molar-refractivity contribution in [3.05, 3.63) is 22.0 Å². The smallest absolute Gasteiger partial charge is 0.244 e. The van der Waals surface area contributed by atoms with Crippen molar-refractivity contribution < 1.29 is 12.9 Å². The molecule has 1 aliphatic heterocycles. The van der Waals surface area contributed by atoms with Crippen molar-refractivity contribution in [3.63, 3.8) is 0 Å². The monoisotopic (exact) mass is 340 g/mol. The summed E-state index contributed by atoms with van der Waals surface area (Å²) in [6, 6.07) is 1.72. The Morgan fingerprint density at radius 3 is 2.41 bits per heavy atom. The maximum atomic E-state index is 13.2. The fourth-order valence-electron chi connectivity index (χ4n) is 3.01. The topological polar surface area (TPSA) is 63.4 Å². The molecule has 0 aliphatic carbocycles. The molecule has 2 aromatic heterocycles. The molecule has 0 spiro atoms. The average molecular weight is 340 g/mol. The molecular formula is C15H20N2O3S2. The molecule has 0 saturated carbocycles. The molecule has 0 N–H and O–H groups in total. The Balaban J connectivity index is 2.11. The van der Waals surface area contributed by atoms with Crippen molar-refractivity contribution >= 4 is 21.4 Å². The summed E-state index contributed by atoms with van der Waals surface area (Å²) in [5.41, 5.74) is 0.671. The van der Waals surface area contributed by atoms with Crippen molar-refractivity contribution in [1.29, 1.82) is 0 Å². The van der Waals surface area contributed by atoms with Gasteiger partial charge < -0.3 is 4.52 Å². The molecular weight excluding hydrogens is 320 g/mol. The van der Waals surface area contributed by atoms with Gasteiger partial charge in [-0.15, -0.1) is 11.3 Å². The molecule has 120 valence electrons. The molecule has 0 aromatic carbocycles. The third kappa shape index (κ3) is 2.73. The number of aromatic nitrogens is 1. The van der Waals surface area contributed by atoms with Crippen LogP contribution in [0.4, 0.5) is 0 Å². The van der Waals surface area contributed by atoms with E-state index in [1.807, 2.05) is 13.8 Å². The Morgan fingerprint density at radius 2 is 1.82 bits per heavy atom. The lowest BCUT2D eigenvalue weighted by Crippen LogP contribution is -2.32. The Hall–Kier alpha value is -1.18. The molecule has 1 fully saturated rings. The minimum Gasteiger partial charge on any atom is -0.356 e. The SMILES string of the molecule is Cc1sc(C)c(S(=O)(=O)N2CCCCCC2)c1-c1ccno1. The van der Waals surface area contributed by atoms with Crippen molar-refractivity contribution in [2.45, 2.75) is 44.4 Å². The molecule has 0 atom stereocenters. The highest BCUT2D eigenvalue weighted by molar-refractivity contribution is 7.89. The largest absolute Gasteiger partial charge is 0.356 e. The summed E-state index contributed by atoms with van der Waals surface area (Å²) < 4.78 is 33.2. The Morgan fingerprint density at radius 1 is 1.14 bits per heavy atom. The van der Waals surface area contributed by atoms with E-state index in [0.717, 1.165) is 35.4 Å². The standard InChI is InChI=1S/C15H20N2O3S2/c1-11-14(13-7-8-16-20-13)15(12(2)21-11)22(18,19)17-9-5-3-4-6-10-17/h7-8H,3-6,9-10H2,1-2H3. The first kappa shape index (κ1) is 15.7. The van der Waals surface area contributed by atoms with Gasteiger partial charge in [-0.05, 0) is 26.7 Å². The molecule has 7 heteroatoms. The molecule has 3 rings (SSSR count). The van der Waals surface area contributed by atoms with Gasteiger partial charge in [0.25, 0.3) is 0 Å². The first-order chi connectivity index (χ1) is 10.5. The van der Waals surface area contributed by atoms with Gasteiger partial charge in [0.2, 0.25) is 10.0 Å². The van der Waals surface area contributed by atoms with Gasteiger partial charge in [-0.2, -0.15) is 4.31 Å². The van der Waals surface area contributed by atoms with Gasteiger partial charge in [-0.3, -0.25) is 0 Å². The number of sulfonamides is 1. The van der Waals surface area contributed by atoms with Crippen LogP contribution in [-0.2, 0) is 10.0 Å². The predicted molar refractivity (Wildman–Crippen MR) is 86.5 cm³/mol. The summed E-state index contributed by atoms with van der Waals surface area (Å²) in [6.45, 7) is 5.00. The number of hydrogen-bond acceptors (Lipinski definition) is 5. The summed E-state index contributed by atoms with van der Waals surface area (Å²) in [6.07, 6.45) is 5.60. The normalized spacial score (nSPS) is 17.5. The molecule has 5 nitrogen and oxygen atoms in total. The highest BCUT2D eigenvalue weighted by Crippen LogP contribution is 2.40. The van der Waals surface area contributed by atoms with Crippen LogP contribution in [-0.4, -0.2) is 31.0 Å². The second-order valence-electron chi connectivity index (χ2n) is 5.61. The van der Waals surface area contributed by atoms with Crippen molar-refractivity contribution in [3.8, 4) is 11.3 Å². The van der Waals surface area contributed by atoms with E-state index in [1.54, 1.807) is 16.6 Å². The maximum absolute atomic E-state index is 13.2. The lowest BCUT2D eigenvalue weighted by atomic mass is 10.2. The summed E-state index contributed by atoms with van der Waals surface area (Å²) in [4.78, 5) is 2.16. The van der Waals surface area contributed by atoms with Crippen LogP contribution < -0.4 is 0 Å². The average Bonchev–Trinajstić information content (AvgIpc) is 2.97. The molecule has 0 amide bonds. The Bertz CT molecular complexity index is 740. The maximum Gasteiger partial charge on any atom is 0.244 e. The molecule has 0 bridgehead atoms. The zero-order valence-corrected chi connectivity index (χ0v) is 14.5. The number of nitrogens with zero attached hydrogens (tertiary/aromatic N) is 2. The second kappa shape index (κ2) is 6.14. The minimum atomic E-state index is -3.50. The van der Waals surface area contributed by atoms with E-state index < -0.39 is 10.0 Å². The highest BCUT2D eigenvalue weighted by atomic mass is 32.2. The third-order valence-electron chi connectivity index (χ3n) is 4.05. The van der Waals surface area contributed by atoms with E-state index >= 15 is 0 Å². The van der Waals surface area contributed by atoms with Crippen LogP contribution in [0.25, 0.3) is 11.3 Å². The van der Waals surface area contributed by atoms with Gasteiger partial charge in [-0.25, -0.2) is 8.42 Å². The second-order valence-corrected chi connectivity index (χ2v) is 8.92. The molecule has 1 saturated heterocycles. The highest BCUT2D eigenvalue weighted by Gasteiger charge is 2.33. The molecule has 0 radical (unpaired) electrons. The van der Waals surface area contributed by atoms with Crippen LogP contribution in [0.3, 0.4) is 0 Å². The number of hydrogen-bond donors (Lipinski definition) is 0. The third-order valence-corrected chi connectivity index (χ3v) is 7.27. The molecule has 1 aliphatic rings. The fourth-order valence-corrected chi connectivity index (χ4v) is 6.35. The number of aryl methyl sites for hydroxylation is 2. The molecule has 2 aromatic rings. The summed E-state index contributed by atoms with van der Waals surface area (Å²) in [5, 5.41) is 3.72. The van der Waals surface area contributed by atoms with Gasteiger partial charge >= 0.3 is 0 Å². The lowest BCUT2D eigenvalue weighted by Gasteiger charge is -2.20. The first-order valence-corrected chi connectivity index (χ1v) is 9.78. The van der Waals surface area contributed by atoms with E-state index in [9.17, 15) is 8.42 Å². The summed E-state index contributed by atoms with van der Waals surface area (Å²) in [7, 11) is -3.50. The van der Waals surface area contributed by atoms with Crippen LogP contribution >= 0.6 is 11.3 Å². The van der Waals surface area contributed by atoms with Crippen molar-refractivity contribution in [2.75, 3.05) is 13.1 Å². The van der Waals surface area contributed by atoms with Gasteiger partial charge in [0.05, 0.1) is 11.8 Å². The van der Waals surface area contributed by atoms with Crippen LogP contribution in [0.5, 0.6) is 0 Å². The van der Waals surface area contributed by atoms with Gasteiger partial charge in [0.15, 0.2) is 5.76 Å². The van der Waals surface area contributed by atoms with Gasteiger partial charge in [-0.1, -0.05) is 18.0 Å². The van der Waals surface area contributed by atoms with E-state index in [-0.39, 0.29) is 0 Å². The minimum absolute atomic E-state index is 0.397. The van der Waals surface area contributed by atoms with Crippen LogP contribution in [0.1, 0.15) is 35.4 Å². The summed E-state index contributed by atoms with van der Waals surface area (Å²) >= 11 is 1.50. The van der Waals surface area contributed by atoms with E-state index in [2.05, 4.69) is 5.16 Å². The van der Waals surface area contributed by atoms with Crippen molar-refractivity contribution in [2.24, 2.45) is 0 Å². The van der Waals surface area contributed by atoms with Crippen LogP contribution in [0.2, 0.25) is 0 Å². The van der Waals surface area contributed by atoms with Crippen LogP contribution in [0, 0.1) is 13.8 Å². The molecule has 22 heavy (non-hydrogen) atoms. The van der Waals surface area contributed by atoms with E-state index in [0.29, 0.717) is 29.3 Å². The quantitative estimate of drug-likeness (QED) is 0.856. The van der Waals surface area contributed by atoms with E-state index in [4.69, 9.17) is 4.52 Å². The molecule has 3 heterocycles.